The van der Waals surface area contributed by atoms with Gasteiger partial charge in [0.05, 0.1) is 66.6 Å². The highest BCUT2D eigenvalue weighted by Gasteiger charge is 2.53. The number of cyclic esters (lactones) is 1. The summed E-state index contributed by atoms with van der Waals surface area (Å²) in [6.45, 7) is 16.6. The van der Waals surface area contributed by atoms with Gasteiger partial charge in [0.2, 0.25) is 6.79 Å². The fourth-order valence-electron chi connectivity index (χ4n) is 8.29. The number of hydrogen-bond acceptors (Lipinski definition) is 17. The largest absolute Gasteiger partial charge is 0.459 e. The van der Waals surface area contributed by atoms with E-state index >= 15 is 0 Å². The van der Waals surface area contributed by atoms with E-state index in [2.05, 4.69) is 5.16 Å². The number of esters is 1. The Hall–Kier alpha value is -1.87. The number of rotatable bonds is 12. The van der Waals surface area contributed by atoms with Crippen molar-refractivity contribution in [1.29, 1.82) is 0 Å². The first-order valence-electron chi connectivity index (χ1n) is 19.7. The Bertz CT molecular complexity index is 1300. The molecule has 56 heavy (non-hydrogen) atoms. The molecule has 3 saturated heterocycles. The van der Waals surface area contributed by atoms with E-state index in [0.717, 1.165) is 0 Å². The zero-order valence-corrected chi connectivity index (χ0v) is 35.2. The van der Waals surface area contributed by atoms with Crippen molar-refractivity contribution in [2.24, 2.45) is 28.8 Å². The van der Waals surface area contributed by atoms with E-state index in [0.29, 0.717) is 6.61 Å². The lowest BCUT2D eigenvalue weighted by atomic mass is 9.73. The van der Waals surface area contributed by atoms with Gasteiger partial charge in [-0.25, -0.2) is 0 Å². The molecule has 0 bridgehead atoms. The summed E-state index contributed by atoms with van der Waals surface area (Å²) in [5, 5.41) is 62.4. The molecule has 3 heterocycles. The molecule has 3 aliphatic rings. The van der Waals surface area contributed by atoms with Crippen LogP contribution < -0.4 is 0 Å². The maximum atomic E-state index is 14.2. The summed E-state index contributed by atoms with van der Waals surface area (Å²) >= 11 is 0. The van der Waals surface area contributed by atoms with Gasteiger partial charge in [-0.15, -0.1) is 0 Å². The quantitative estimate of drug-likeness (QED) is 0.0820. The Kier molecular flexibility index (Phi) is 17.7. The number of oxime groups is 1. The minimum absolute atomic E-state index is 0.0395. The van der Waals surface area contributed by atoms with Crippen molar-refractivity contribution in [2.75, 3.05) is 34.2 Å². The van der Waals surface area contributed by atoms with E-state index in [1.807, 2.05) is 0 Å². The number of aliphatic hydroxyl groups excluding tert-OH is 3. The number of ketones is 1. The molecular weight excluding hydrogens is 738 g/mol. The average molecular weight is 808 g/mol. The molecule has 17 atom stereocenters. The smallest absolute Gasteiger partial charge is 0.311 e. The second-order valence-electron chi connectivity index (χ2n) is 16.6. The molecule has 0 spiro atoms. The first-order valence-corrected chi connectivity index (χ1v) is 19.7. The molecule has 0 unspecified atom stereocenters. The van der Waals surface area contributed by atoms with E-state index in [-0.39, 0.29) is 44.8 Å². The highest BCUT2D eigenvalue weighted by molar-refractivity contribution is 5.89. The third kappa shape index (κ3) is 11.4. The monoisotopic (exact) mass is 807 g/mol. The number of aliphatic hydroxyl groups is 5. The second kappa shape index (κ2) is 20.4. The van der Waals surface area contributed by atoms with Crippen LogP contribution in [0, 0.1) is 23.7 Å². The Morgan fingerprint density at radius 1 is 0.875 bits per heavy atom. The van der Waals surface area contributed by atoms with Crippen molar-refractivity contribution in [1.82, 2.24) is 0 Å². The standard InChI is InChI=1S/C39H69NO16/c1-13-27-39(10,47)32(43)22(4)29(40-51-19-50-15-14-48-11)20(2)17-37(8,46)34(56-36-30(42)26(41)16-21(3)52-36)23(5)31(24(6)35(45)54-27)55-28-18-38(9,49-12)33(44)25(7)53-28/h20-25,27-28,30-34,36,42-44,46-47H,13-19H2,1-12H3/b40-29+/t20-,21-,22+,23+,24-,25+,27-,28+,30-,31+,32-,33+,34-,36+,37-,38-,39-/m1/s1. The van der Waals surface area contributed by atoms with Crippen LogP contribution in [-0.2, 0) is 52.3 Å². The predicted molar refractivity (Wildman–Crippen MR) is 200 cm³/mol. The van der Waals surface area contributed by atoms with Gasteiger partial charge in [-0.05, 0) is 54.4 Å². The van der Waals surface area contributed by atoms with Gasteiger partial charge in [0.15, 0.2) is 24.5 Å². The molecule has 5 N–H and O–H groups in total. The number of hydrogen-bond donors (Lipinski definition) is 5. The van der Waals surface area contributed by atoms with Crippen LogP contribution in [0.4, 0.5) is 0 Å². The lowest BCUT2D eigenvalue weighted by Gasteiger charge is -2.48. The summed E-state index contributed by atoms with van der Waals surface area (Å²) in [6.07, 6.45) is -11.7. The van der Waals surface area contributed by atoms with Crippen molar-refractivity contribution in [3.8, 4) is 0 Å². The van der Waals surface area contributed by atoms with Crippen LogP contribution in [0.15, 0.2) is 5.16 Å². The Labute approximate surface area is 331 Å². The van der Waals surface area contributed by atoms with Crippen molar-refractivity contribution in [3.05, 3.63) is 0 Å². The third-order valence-electron chi connectivity index (χ3n) is 11.8. The normalized spacial score (nSPS) is 45.6. The molecule has 0 aromatic carbocycles. The third-order valence-corrected chi connectivity index (χ3v) is 11.8. The summed E-state index contributed by atoms with van der Waals surface area (Å²) in [5.74, 6) is -4.92. The maximum Gasteiger partial charge on any atom is 0.311 e. The van der Waals surface area contributed by atoms with E-state index in [1.165, 1.54) is 28.1 Å². The number of carbonyl (C=O) groups is 2. The van der Waals surface area contributed by atoms with E-state index in [1.54, 1.807) is 55.4 Å². The number of carbonyl (C=O) groups excluding carboxylic acids is 2. The van der Waals surface area contributed by atoms with Crippen LogP contribution in [0.1, 0.15) is 94.9 Å². The number of Topliss-reactive ketones (excluding diaryl/α,β-unsaturated/α-hetero) is 1. The molecular formula is C39H69NO16. The molecule has 0 radical (unpaired) electrons. The van der Waals surface area contributed by atoms with Crippen LogP contribution in [0.25, 0.3) is 0 Å². The fourth-order valence-corrected chi connectivity index (χ4v) is 8.29. The Balaban J connectivity index is 2.20. The van der Waals surface area contributed by atoms with Crippen LogP contribution in [0.2, 0.25) is 0 Å². The van der Waals surface area contributed by atoms with Gasteiger partial charge >= 0.3 is 5.97 Å². The van der Waals surface area contributed by atoms with Gasteiger partial charge in [-0.3, -0.25) is 9.59 Å². The molecule has 3 fully saturated rings. The van der Waals surface area contributed by atoms with E-state index in [9.17, 15) is 35.1 Å². The lowest BCUT2D eigenvalue weighted by Crippen LogP contribution is -2.60. The van der Waals surface area contributed by atoms with Crippen LogP contribution >= 0.6 is 0 Å². The predicted octanol–water partition coefficient (Wildman–Crippen LogP) is 1.85. The molecule has 0 saturated carbocycles. The first-order chi connectivity index (χ1) is 26.1. The van der Waals surface area contributed by atoms with Crippen molar-refractivity contribution in [3.63, 3.8) is 0 Å². The SMILES string of the molecule is CC[C@H]1OC(=O)[C@H](C)[C@@H](O[C@H]2C[C@@](C)(OC)[C@@H](O)[C@H](C)O2)[C@H](C)[C@@H](O[C@@H]2O[C@H](C)CC(=O)[C@H]2O)[C@](C)(O)C[C@@H](C)/C(=N\OCOCCOC)[C@H](C)[C@@H](O)[C@]1(C)O. The van der Waals surface area contributed by atoms with Gasteiger partial charge < -0.3 is 68.3 Å². The molecule has 3 aliphatic heterocycles. The molecule has 17 heteroatoms. The number of ether oxygens (including phenoxy) is 8. The maximum absolute atomic E-state index is 14.2. The zero-order valence-electron chi connectivity index (χ0n) is 35.2. The topological polar surface area (TPSA) is 231 Å². The summed E-state index contributed by atoms with van der Waals surface area (Å²) in [7, 11) is 2.99. The van der Waals surface area contributed by atoms with Gasteiger partial charge in [0, 0.05) is 44.8 Å². The first kappa shape index (κ1) is 48.5. The molecule has 0 aromatic rings. The van der Waals surface area contributed by atoms with Crippen LogP contribution in [0.5, 0.6) is 0 Å². The minimum atomic E-state index is -1.99. The summed E-state index contributed by atoms with van der Waals surface area (Å²) in [6, 6.07) is 0. The summed E-state index contributed by atoms with van der Waals surface area (Å²) in [4.78, 5) is 32.5. The average Bonchev–Trinajstić information content (AvgIpc) is 3.13. The molecule has 326 valence electrons. The van der Waals surface area contributed by atoms with Gasteiger partial charge in [0.1, 0.15) is 17.8 Å². The van der Waals surface area contributed by atoms with Crippen molar-refractivity contribution < 1.29 is 77.9 Å². The summed E-state index contributed by atoms with van der Waals surface area (Å²) < 4.78 is 47.2. The Morgan fingerprint density at radius 3 is 2.14 bits per heavy atom. The second-order valence-corrected chi connectivity index (χ2v) is 16.6. The fraction of sp³-hybridized carbons (Fsp3) is 0.923. The minimum Gasteiger partial charge on any atom is -0.459 e. The zero-order chi connectivity index (χ0) is 42.3. The molecule has 17 nitrogen and oxygen atoms in total. The molecule has 3 rings (SSSR count). The van der Waals surface area contributed by atoms with Gasteiger partial charge in [0.25, 0.3) is 0 Å². The van der Waals surface area contributed by atoms with Crippen LogP contribution in [-0.4, -0.2) is 155 Å². The molecule has 0 aromatic heterocycles. The van der Waals surface area contributed by atoms with E-state index in [4.69, 9.17) is 42.7 Å². The van der Waals surface area contributed by atoms with Gasteiger partial charge in [-0.1, -0.05) is 32.9 Å². The summed E-state index contributed by atoms with van der Waals surface area (Å²) in [5.41, 5.74) is -4.68. The highest BCUT2D eigenvalue weighted by atomic mass is 16.7. The molecule has 0 aliphatic carbocycles. The van der Waals surface area contributed by atoms with E-state index < -0.39 is 114 Å². The van der Waals surface area contributed by atoms with Gasteiger partial charge in [-0.2, -0.15) is 0 Å². The highest BCUT2D eigenvalue weighted by Crippen LogP contribution is 2.40. The number of nitrogens with zero attached hydrogens (tertiary/aromatic N) is 1. The molecule has 0 amide bonds. The van der Waals surface area contributed by atoms with Crippen molar-refractivity contribution >= 4 is 17.5 Å². The Morgan fingerprint density at radius 2 is 1.54 bits per heavy atom. The van der Waals surface area contributed by atoms with Crippen LogP contribution in [0.3, 0.4) is 0 Å². The number of methoxy groups -OCH3 is 2. The lowest BCUT2D eigenvalue weighted by molar-refractivity contribution is -0.311. The van der Waals surface area contributed by atoms with Crippen molar-refractivity contribution in [2.45, 2.75) is 173 Å².